The predicted octanol–water partition coefficient (Wildman–Crippen LogP) is 2.25. The Balaban J connectivity index is 1.44. The van der Waals surface area contributed by atoms with E-state index in [4.69, 9.17) is 4.74 Å². The predicted molar refractivity (Wildman–Crippen MR) is 118 cm³/mol. The first-order chi connectivity index (χ1) is 14.4. The zero-order valence-electron chi connectivity index (χ0n) is 17.2. The van der Waals surface area contributed by atoms with Gasteiger partial charge in [-0.3, -0.25) is 9.59 Å². The lowest BCUT2D eigenvalue weighted by atomic mass is 10.2. The van der Waals surface area contributed by atoms with Gasteiger partial charge >= 0.3 is 0 Å². The van der Waals surface area contributed by atoms with Crippen LogP contribution in [-0.2, 0) is 4.79 Å². The number of aliphatic hydroxyl groups excluding tert-OH is 1. The van der Waals surface area contributed by atoms with E-state index in [1.165, 1.54) is 11.0 Å². The quantitative estimate of drug-likeness (QED) is 0.566. The van der Waals surface area contributed by atoms with Gasteiger partial charge in [-0.25, -0.2) is 0 Å². The number of nitrogens with zero attached hydrogens (tertiary/aromatic N) is 2. The van der Waals surface area contributed by atoms with E-state index < -0.39 is 6.10 Å². The Hall–Kier alpha value is -3.32. The van der Waals surface area contributed by atoms with Crippen LogP contribution in [0.15, 0.2) is 65.5 Å². The fraction of sp³-hybridized carbons (Fsp3) is 0.304. The summed E-state index contributed by atoms with van der Waals surface area (Å²) in [5, 5.41) is 11.1. The Morgan fingerprint density at radius 1 is 1.10 bits per heavy atom. The molecule has 0 radical (unpaired) electrons. The molecule has 1 amide bonds. The van der Waals surface area contributed by atoms with Gasteiger partial charge in [0, 0.05) is 56.3 Å². The number of ether oxygens (including phenoxy) is 1. The maximum atomic E-state index is 12.4. The highest BCUT2D eigenvalue weighted by Crippen LogP contribution is 2.18. The number of para-hydroxylation sites is 1. The smallest absolute Gasteiger partial charge is 0.248 e. The monoisotopic (exact) mass is 409 g/mol. The van der Waals surface area contributed by atoms with Gasteiger partial charge in [0.15, 0.2) is 0 Å². The summed E-state index contributed by atoms with van der Waals surface area (Å²) >= 11 is 0. The fourth-order valence-corrected chi connectivity index (χ4v) is 3.15. The van der Waals surface area contributed by atoms with Crippen LogP contribution in [-0.4, -0.2) is 60.8 Å². The molecule has 1 heterocycles. The molecule has 0 aliphatic carbocycles. The summed E-state index contributed by atoms with van der Waals surface area (Å²) in [6.45, 7) is 0.851. The number of anilines is 1. The van der Waals surface area contributed by atoms with Crippen LogP contribution in [0.3, 0.4) is 0 Å². The number of benzene rings is 2. The summed E-state index contributed by atoms with van der Waals surface area (Å²) in [6.07, 6.45) is -0.449. The van der Waals surface area contributed by atoms with Crippen LogP contribution in [0.25, 0.3) is 10.9 Å². The molecular formula is C23H27N3O4. The number of aromatic nitrogens is 1. The van der Waals surface area contributed by atoms with E-state index >= 15 is 0 Å². The van der Waals surface area contributed by atoms with Gasteiger partial charge in [0.2, 0.25) is 11.5 Å². The first-order valence-electron chi connectivity index (χ1n) is 9.86. The summed E-state index contributed by atoms with van der Waals surface area (Å²) in [7, 11) is 3.63. The van der Waals surface area contributed by atoms with Gasteiger partial charge in [-0.05, 0) is 36.4 Å². The highest BCUT2D eigenvalue weighted by atomic mass is 16.5. The van der Waals surface area contributed by atoms with Gasteiger partial charge in [0.05, 0.1) is 0 Å². The van der Waals surface area contributed by atoms with E-state index in [1.807, 2.05) is 42.3 Å². The molecule has 2 N–H and O–H groups in total. The molecule has 2 aromatic carbocycles. The van der Waals surface area contributed by atoms with E-state index in [-0.39, 0.29) is 24.6 Å². The second-order valence-corrected chi connectivity index (χ2v) is 7.32. The van der Waals surface area contributed by atoms with E-state index in [9.17, 15) is 14.7 Å². The number of fused-ring (bicyclic) bond motifs is 1. The highest BCUT2D eigenvalue weighted by Gasteiger charge is 2.15. The second-order valence-electron chi connectivity index (χ2n) is 7.32. The second kappa shape index (κ2) is 9.93. The molecule has 3 aromatic rings. The van der Waals surface area contributed by atoms with Crippen molar-refractivity contribution in [2.45, 2.75) is 12.5 Å². The number of hydrogen-bond acceptors (Lipinski definition) is 5. The molecule has 0 saturated heterocycles. The fourth-order valence-electron chi connectivity index (χ4n) is 3.15. The van der Waals surface area contributed by atoms with Crippen LogP contribution in [0.1, 0.15) is 6.42 Å². The van der Waals surface area contributed by atoms with Crippen molar-refractivity contribution in [3.63, 3.8) is 0 Å². The van der Waals surface area contributed by atoms with Crippen molar-refractivity contribution < 1.29 is 14.6 Å². The van der Waals surface area contributed by atoms with Crippen LogP contribution < -0.4 is 15.2 Å². The summed E-state index contributed by atoms with van der Waals surface area (Å²) in [6, 6.07) is 18.4. The zero-order chi connectivity index (χ0) is 21.5. The van der Waals surface area contributed by atoms with Crippen molar-refractivity contribution in [3.05, 3.63) is 71.0 Å². The number of carbonyl (C=O) groups is 1. The molecule has 1 unspecified atom stereocenters. The molecule has 0 aliphatic heterocycles. The van der Waals surface area contributed by atoms with Crippen LogP contribution in [0.5, 0.6) is 5.75 Å². The standard InChI is InChI=1S/C23H27N3O4/c1-25(18-6-4-3-5-7-18)13-12-23(29)26(2)15-19(27)16-30-20-9-10-21-17(14-20)8-11-22(28)24-21/h3-11,14,19,27H,12-13,15-16H2,1-2H3,(H,24,28). The van der Waals surface area contributed by atoms with Gasteiger partial charge in [0.1, 0.15) is 18.5 Å². The van der Waals surface area contributed by atoms with Crippen molar-refractivity contribution in [2.24, 2.45) is 0 Å². The summed E-state index contributed by atoms with van der Waals surface area (Å²) in [4.78, 5) is 30.0. The lowest BCUT2D eigenvalue weighted by molar-refractivity contribution is -0.131. The van der Waals surface area contributed by atoms with Gasteiger partial charge in [-0.2, -0.15) is 0 Å². The first-order valence-corrected chi connectivity index (χ1v) is 9.86. The molecule has 7 nitrogen and oxygen atoms in total. The van der Waals surface area contributed by atoms with Crippen LogP contribution in [0.2, 0.25) is 0 Å². The number of aromatic amines is 1. The van der Waals surface area contributed by atoms with Gasteiger partial charge < -0.3 is 24.6 Å². The van der Waals surface area contributed by atoms with Crippen LogP contribution in [0.4, 0.5) is 5.69 Å². The molecule has 0 aliphatic rings. The number of carbonyl (C=O) groups excluding carboxylic acids is 1. The molecule has 0 fully saturated rings. The minimum absolute atomic E-state index is 0.0357. The molecule has 0 saturated carbocycles. The maximum absolute atomic E-state index is 12.4. The largest absolute Gasteiger partial charge is 0.491 e. The molecule has 3 rings (SSSR count). The Labute approximate surface area is 175 Å². The van der Waals surface area contributed by atoms with Gasteiger partial charge in [-0.1, -0.05) is 18.2 Å². The maximum Gasteiger partial charge on any atom is 0.248 e. The van der Waals surface area contributed by atoms with E-state index in [2.05, 4.69) is 4.98 Å². The van der Waals surface area contributed by atoms with Crippen LogP contribution >= 0.6 is 0 Å². The van der Waals surface area contributed by atoms with Crippen molar-refractivity contribution in [1.29, 1.82) is 0 Å². The normalized spacial score (nSPS) is 11.8. The van der Waals surface area contributed by atoms with Crippen molar-refractivity contribution in [1.82, 2.24) is 9.88 Å². The number of hydrogen-bond donors (Lipinski definition) is 2. The molecule has 30 heavy (non-hydrogen) atoms. The summed E-state index contributed by atoms with van der Waals surface area (Å²) in [5.74, 6) is 0.554. The SMILES string of the molecule is CN(CC(O)COc1ccc2[nH]c(=O)ccc2c1)C(=O)CCN(C)c1ccccc1. The summed E-state index contributed by atoms with van der Waals surface area (Å²) in [5.41, 5.74) is 1.62. The van der Waals surface area contributed by atoms with Crippen molar-refractivity contribution >= 4 is 22.5 Å². The minimum atomic E-state index is -0.808. The average Bonchev–Trinajstić information content (AvgIpc) is 2.76. The third-order valence-corrected chi connectivity index (χ3v) is 4.91. The summed E-state index contributed by atoms with van der Waals surface area (Å²) < 4.78 is 5.65. The third-order valence-electron chi connectivity index (χ3n) is 4.91. The Kier molecular flexibility index (Phi) is 7.08. The van der Waals surface area contributed by atoms with Gasteiger partial charge in [-0.15, -0.1) is 0 Å². The molecule has 158 valence electrons. The number of amides is 1. The number of pyridine rings is 1. The first kappa shape index (κ1) is 21.4. The van der Waals surface area contributed by atoms with Crippen molar-refractivity contribution in [3.8, 4) is 5.75 Å². The Morgan fingerprint density at radius 2 is 1.87 bits per heavy atom. The topological polar surface area (TPSA) is 85.9 Å². The molecular weight excluding hydrogens is 382 g/mol. The number of aliphatic hydroxyl groups is 1. The number of nitrogens with one attached hydrogen (secondary N) is 1. The molecule has 0 bridgehead atoms. The number of likely N-dealkylation sites (N-methyl/N-ethyl adjacent to an activating group) is 1. The van der Waals surface area contributed by atoms with E-state index in [0.717, 1.165) is 16.6 Å². The highest BCUT2D eigenvalue weighted by molar-refractivity contribution is 5.79. The Morgan fingerprint density at radius 3 is 2.63 bits per heavy atom. The third kappa shape index (κ3) is 5.84. The number of rotatable bonds is 9. The molecule has 1 atom stereocenters. The van der Waals surface area contributed by atoms with Gasteiger partial charge in [0.25, 0.3) is 0 Å². The van der Waals surface area contributed by atoms with Crippen molar-refractivity contribution in [2.75, 3.05) is 38.7 Å². The Bertz CT molecular complexity index is 1040. The minimum Gasteiger partial charge on any atom is -0.491 e. The number of H-pyrrole nitrogens is 1. The molecule has 1 aromatic heterocycles. The van der Waals surface area contributed by atoms with Crippen LogP contribution in [0, 0.1) is 0 Å². The van der Waals surface area contributed by atoms with E-state index in [1.54, 1.807) is 31.3 Å². The van der Waals surface area contributed by atoms with E-state index in [0.29, 0.717) is 18.7 Å². The lowest BCUT2D eigenvalue weighted by Crippen LogP contribution is -2.38. The zero-order valence-corrected chi connectivity index (χ0v) is 17.2. The molecule has 7 heteroatoms. The average molecular weight is 409 g/mol. The molecule has 0 spiro atoms. The lowest BCUT2D eigenvalue weighted by Gasteiger charge is -2.23.